The molecule has 1 atom stereocenters. The van der Waals surface area contributed by atoms with Crippen molar-refractivity contribution in [1.29, 1.82) is 5.26 Å². The van der Waals surface area contributed by atoms with Crippen molar-refractivity contribution >= 4 is 34.5 Å². The number of hydrogen-bond donors (Lipinski definition) is 1. The lowest BCUT2D eigenvalue weighted by Gasteiger charge is -2.33. The molecule has 2 aromatic rings. The fourth-order valence-electron chi connectivity index (χ4n) is 3.42. The minimum Gasteiger partial charge on any atom is -0.459 e. The van der Waals surface area contributed by atoms with E-state index in [-0.39, 0.29) is 11.9 Å². The fourth-order valence-corrected chi connectivity index (χ4v) is 4.46. The average Bonchev–Trinajstić information content (AvgIpc) is 3.32. The highest BCUT2D eigenvalue weighted by Gasteiger charge is 2.44. The Kier molecular flexibility index (Phi) is 5.56. The van der Waals surface area contributed by atoms with E-state index in [4.69, 9.17) is 26.5 Å². The number of furan rings is 1. The molecule has 0 radical (unpaired) electrons. The van der Waals surface area contributed by atoms with Crippen molar-refractivity contribution in [3.63, 3.8) is 0 Å². The molecule has 0 fully saturated rings. The molecule has 2 aliphatic rings. The van der Waals surface area contributed by atoms with E-state index in [9.17, 15) is 10.1 Å². The molecule has 0 amide bonds. The van der Waals surface area contributed by atoms with Crippen molar-refractivity contribution in [2.24, 2.45) is 10.7 Å². The smallest absolute Gasteiger partial charge is 0.338 e. The summed E-state index contributed by atoms with van der Waals surface area (Å²) in [4.78, 5) is 19.5. The number of thioether (sulfide) groups is 1. The number of carbonyl (C=O) groups is 1. The summed E-state index contributed by atoms with van der Waals surface area (Å²) in [6, 6.07) is 12.2. The van der Waals surface area contributed by atoms with Crippen LogP contribution in [0.3, 0.4) is 0 Å². The van der Waals surface area contributed by atoms with Crippen LogP contribution in [-0.4, -0.2) is 22.1 Å². The standard InChI is InChI=1S/C22H19ClN4O3S/c1-11(2)29-21(28)18-12(3)26-22-27(20(25)17(10-24)31-22)19(18)16-9-8-15(30-16)13-4-6-14(23)7-5-13/h4-9,11,19H,25H2,1-3H3/t19-/m0/s1. The van der Waals surface area contributed by atoms with Crippen molar-refractivity contribution in [3.8, 4) is 17.4 Å². The molecule has 0 spiro atoms. The Balaban J connectivity index is 1.82. The van der Waals surface area contributed by atoms with Crippen molar-refractivity contribution in [2.75, 3.05) is 0 Å². The molecule has 2 aliphatic heterocycles. The van der Waals surface area contributed by atoms with Gasteiger partial charge in [-0.3, -0.25) is 4.90 Å². The summed E-state index contributed by atoms with van der Waals surface area (Å²) in [5.41, 5.74) is 7.91. The third kappa shape index (κ3) is 3.82. The maximum absolute atomic E-state index is 13.0. The summed E-state index contributed by atoms with van der Waals surface area (Å²) >= 11 is 7.15. The predicted molar refractivity (Wildman–Crippen MR) is 120 cm³/mol. The van der Waals surface area contributed by atoms with Gasteiger partial charge in [0.05, 0.1) is 17.4 Å². The van der Waals surface area contributed by atoms with Gasteiger partial charge in [0.15, 0.2) is 5.17 Å². The number of hydrogen-bond acceptors (Lipinski definition) is 8. The van der Waals surface area contributed by atoms with Crippen LogP contribution in [0.2, 0.25) is 5.02 Å². The molecule has 1 aromatic carbocycles. The zero-order chi connectivity index (χ0) is 22.3. The fraction of sp³-hybridized carbons (Fsp3) is 0.227. The number of nitrogens with zero attached hydrogens (tertiary/aromatic N) is 3. The second kappa shape index (κ2) is 8.17. The van der Waals surface area contributed by atoms with E-state index in [0.29, 0.717) is 37.9 Å². The number of aliphatic imine (C=N–C) groups is 1. The molecule has 0 unspecified atom stereocenters. The Bertz CT molecular complexity index is 1190. The zero-order valence-corrected chi connectivity index (χ0v) is 18.6. The number of rotatable bonds is 4. The number of halogens is 1. The number of fused-ring (bicyclic) bond motifs is 1. The van der Waals surface area contributed by atoms with Gasteiger partial charge in [-0.15, -0.1) is 0 Å². The number of allylic oxidation sites excluding steroid dienone is 2. The molecule has 0 bridgehead atoms. The SMILES string of the molecule is CC1=C(C(=O)OC(C)C)[C@H](c2ccc(-c3ccc(Cl)cc3)o2)N2C(=N1)SC(C#N)=C2N. The van der Waals surface area contributed by atoms with E-state index < -0.39 is 12.0 Å². The summed E-state index contributed by atoms with van der Waals surface area (Å²) in [5.74, 6) is 0.811. The molecular weight excluding hydrogens is 436 g/mol. The van der Waals surface area contributed by atoms with Gasteiger partial charge in [-0.05, 0) is 68.9 Å². The van der Waals surface area contributed by atoms with Gasteiger partial charge in [0.2, 0.25) is 0 Å². The molecule has 0 saturated heterocycles. The lowest BCUT2D eigenvalue weighted by Crippen LogP contribution is -2.38. The summed E-state index contributed by atoms with van der Waals surface area (Å²) in [6.07, 6.45) is -0.310. The van der Waals surface area contributed by atoms with Crippen LogP contribution in [0.25, 0.3) is 11.3 Å². The van der Waals surface area contributed by atoms with Gasteiger partial charge >= 0.3 is 5.97 Å². The minimum atomic E-state index is -0.710. The van der Waals surface area contributed by atoms with E-state index in [2.05, 4.69) is 11.1 Å². The summed E-state index contributed by atoms with van der Waals surface area (Å²) in [6.45, 7) is 5.29. The van der Waals surface area contributed by atoms with E-state index in [1.54, 1.807) is 43.9 Å². The van der Waals surface area contributed by atoms with Gasteiger partial charge in [0.1, 0.15) is 34.4 Å². The van der Waals surface area contributed by atoms with Gasteiger partial charge in [-0.25, -0.2) is 9.79 Å². The second-order valence-corrected chi connectivity index (χ2v) is 8.67. The lowest BCUT2D eigenvalue weighted by atomic mass is 9.99. The molecule has 158 valence electrons. The number of ether oxygens (including phenoxy) is 1. The summed E-state index contributed by atoms with van der Waals surface area (Å²) in [5, 5.41) is 10.6. The number of esters is 1. The second-order valence-electron chi connectivity index (χ2n) is 7.26. The number of nitriles is 1. The van der Waals surface area contributed by atoms with Crippen molar-refractivity contribution in [1.82, 2.24) is 4.90 Å². The predicted octanol–water partition coefficient (Wildman–Crippen LogP) is 4.94. The maximum atomic E-state index is 13.0. The number of nitrogens with two attached hydrogens (primary N) is 1. The topological polar surface area (TPSA) is 105 Å². The Morgan fingerprint density at radius 2 is 2.03 bits per heavy atom. The average molecular weight is 455 g/mol. The first-order chi connectivity index (χ1) is 14.8. The van der Waals surface area contributed by atoms with Crippen LogP contribution in [0.15, 0.2) is 67.8 Å². The number of carbonyl (C=O) groups excluding carboxylic acids is 1. The van der Waals surface area contributed by atoms with E-state index in [1.165, 1.54) is 0 Å². The van der Waals surface area contributed by atoms with Gasteiger partial charge in [0, 0.05) is 10.6 Å². The first-order valence-corrected chi connectivity index (χ1v) is 10.7. The van der Waals surface area contributed by atoms with Gasteiger partial charge < -0.3 is 14.9 Å². The summed E-state index contributed by atoms with van der Waals surface area (Å²) in [7, 11) is 0. The normalized spacial score (nSPS) is 18.3. The zero-order valence-electron chi connectivity index (χ0n) is 17.0. The molecule has 3 heterocycles. The van der Waals surface area contributed by atoms with Crippen LogP contribution in [-0.2, 0) is 9.53 Å². The monoisotopic (exact) mass is 454 g/mol. The minimum absolute atomic E-state index is 0.225. The molecule has 0 aliphatic carbocycles. The Hall–Kier alpha value is -3.15. The molecule has 31 heavy (non-hydrogen) atoms. The lowest BCUT2D eigenvalue weighted by molar-refractivity contribution is -0.143. The maximum Gasteiger partial charge on any atom is 0.338 e. The number of amidine groups is 1. The van der Waals surface area contributed by atoms with E-state index in [0.717, 1.165) is 17.3 Å². The van der Waals surface area contributed by atoms with Crippen LogP contribution in [0.5, 0.6) is 0 Å². The highest BCUT2D eigenvalue weighted by atomic mass is 35.5. The van der Waals surface area contributed by atoms with Gasteiger partial charge in [-0.1, -0.05) is 11.6 Å². The van der Waals surface area contributed by atoms with Gasteiger partial charge in [-0.2, -0.15) is 5.26 Å². The molecule has 1 aromatic heterocycles. The molecule has 0 saturated carbocycles. The molecule has 7 nitrogen and oxygen atoms in total. The molecule has 9 heteroatoms. The largest absolute Gasteiger partial charge is 0.459 e. The third-order valence-electron chi connectivity index (χ3n) is 4.77. The first-order valence-electron chi connectivity index (χ1n) is 9.53. The quantitative estimate of drug-likeness (QED) is 0.652. The number of benzene rings is 1. The van der Waals surface area contributed by atoms with Crippen LogP contribution in [0.1, 0.15) is 32.6 Å². The summed E-state index contributed by atoms with van der Waals surface area (Å²) < 4.78 is 11.6. The molecule has 4 rings (SSSR count). The van der Waals surface area contributed by atoms with Crippen LogP contribution in [0.4, 0.5) is 0 Å². The van der Waals surface area contributed by atoms with Crippen LogP contribution >= 0.6 is 23.4 Å². The Labute approximate surface area is 188 Å². The van der Waals surface area contributed by atoms with E-state index in [1.807, 2.05) is 18.2 Å². The Morgan fingerprint density at radius 1 is 1.32 bits per heavy atom. The highest BCUT2D eigenvalue weighted by Crippen LogP contribution is 2.46. The Morgan fingerprint density at radius 3 is 2.68 bits per heavy atom. The van der Waals surface area contributed by atoms with Crippen LogP contribution < -0.4 is 5.73 Å². The first kappa shape index (κ1) is 21.1. The molecule has 2 N–H and O–H groups in total. The van der Waals surface area contributed by atoms with Crippen molar-refractivity contribution in [2.45, 2.75) is 32.9 Å². The van der Waals surface area contributed by atoms with E-state index >= 15 is 0 Å². The molecular formula is C22H19ClN4O3S. The van der Waals surface area contributed by atoms with Gasteiger partial charge in [0.25, 0.3) is 0 Å². The van der Waals surface area contributed by atoms with Crippen molar-refractivity contribution < 1.29 is 13.9 Å². The highest BCUT2D eigenvalue weighted by molar-refractivity contribution is 8.17. The van der Waals surface area contributed by atoms with Crippen molar-refractivity contribution in [3.05, 3.63) is 69.2 Å². The third-order valence-corrected chi connectivity index (χ3v) is 5.99. The van der Waals surface area contributed by atoms with Crippen LogP contribution in [0, 0.1) is 11.3 Å².